The highest BCUT2D eigenvalue weighted by Gasteiger charge is 2.06. The lowest BCUT2D eigenvalue weighted by molar-refractivity contribution is 0.413. The molecule has 2 nitrogen and oxygen atoms in total. The summed E-state index contributed by atoms with van der Waals surface area (Å²) in [5, 5.41) is 4.27. The first-order valence-electron chi connectivity index (χ1n) is 6.07. The molecule has 2 atom stereocenters. The summed E-state index contributed by atoms with van der Waals surface area (Å²) in [4.78, 5) is 0. The number of rotatable bonds is 7. The van der Waals surface area contributed by atoms with Crippen LogP contribution >= 0.6 is 11.8 Å². The van der Waals surface area contributed by atoms with Gasteiger partial charge in [0.1, 0.15) is 5.75 Å². The molecule has 0 fully saturated rings. The van der Waals surface area contributed by atoms with Gasteiger partial charge >= 0.3 is 0 Å². The second-order valence-electron chi connectivity index (χ2n) is 4.29. The highest BCUT2D eigenvalue weighted by Crippen LogP contribution is 2.19. The Morgan fingerprint density at radius 3 is 2.76 bits per heavy atom. The predicted molar refractivity (Wildman–Crippen MR) is 77.0 cm³/mol. The topological polar surface area (TPSA) is 21.3 Å². The zero-order chi connectivity index (χ0) is 12.7. The van der Waals surface area contributed by atoms with E-state index in [2.05, 4.69) is 37.6 Å². The molecular formula is C14H23NOS. The molecule has 0 saturated heterocycles. The predicted octanol–water partition coefficient (Wildman–Crippen LogP) is 3.49. The van der Waals surface area contributed by atoms with E-state index in [-0.39, 0.29) is 0 Å². The van der Waals surface area contributed by atoms with Crippen LogP contribution in [0.1, 0.15) is 31.9 Å². The lowest BCUT2D eigenvalue weighted by Gasteiger charge is -2.16. The van der Waals surface area contributed by atoms with Crippen molar-refractivity contribution in [3.63, 3.8) is 0 Å². The maximum absolute atomic E-state index is 5.23. The average Bonchev–Trinajstić information content (AvgIpc) is 2.38. The Kier molecular flexibility index (Phi) is 6.45. The van der Waals surface area contributed by atoms with Crippen LogP contribution in [0.25, 0.3) is 0 Å². The summed E-state index contributed by atoms with van der Waals surface area (Å²) in [6, 6.07) is 8.62. The normalized spacial score (nSPS) is 14.4. The van der Waals surface area contributed by atoms with E-state index >= 15 is 0 Å². The van der Waals surface area contributed by atoms with Gasteiger partial charge in [0.15, 0.2) is 0 Å². The first-order valence-corrected chi connectivity index (χ1v) is 7.36. The molecule has 0 amide bonds. The first-order chi connectivity index (χ1) is 8.17. The van der Waals surface area contributed by atoms with Crippen LogP contribution in [0.5, 0.6) is 5.75 Å². The van der Waals surface area contributed by atoms with Crippen molar-refractivity contribution in [1.82, 2.24) is 5.32 Å². The summed E-state index contributed by atoms with van der Waals surface area (Å²) in [7, 11) is 1.71. The number of hydrogen-bond donors (Lipinski definition) is 1. The van der Waals surface area contributed by atoms with Crippen molar-refractivity contribution in [2.45, 2.75) is 31.6 Å². The van der Waals surface area contributed by atoms with E-state index < -0.39 is 0 Å². The lowest BCUT2D eigenvalue weighted by atomic mass is 10.1. The van der Waals surface area contributed by atoms with Crippen LogP contribution in [0.4, 0.5) is 0 Å². The van der Waals surface area contributed by atoms with Crippen molar-refractivity contribution in [3.05, 3.63) is 29.8 Å². The molecule has 0 aromatic heterocycles. The van der Waals surface area contributed by atoms with Crippen molar-refractivity contribution in [3.8, 4) is 5.75 Å². The van der Waals surface area contributed by atoms with Crippen LogP contribution < -0.4 is 10.1 Å². The van der Waals surface area contributed by atoms with E-state index in [1.165, 1.54) is 12.0 Å². The molecule has 1 rings (SSSR count). The van der Waals surface area contributed by atoms with Gasteiger partial charge in [-0.15, -0.1) is 0 Å². The fourth-order valence-electron chi connectivity index (χ4n) is 1.65. The molecule has 0 aliphatic heterocycles. The summed E-state index contributed by atoms with van der Waals surface area (Å²) < 4.78 is 5.23. The van der Waals surface area contributed by atoms with Crippen LogP contribution in [0.2, 0.25) is 0 Å². The summed E-state index contributed by atoms with van der Waals surface area (Å²) in [5.74, 6) is 0.925. The molecule has 17 heavy (non-hydrogen) atoms. The van der Waals surface area contributed by atoms with E-state index in [0.29, 0.717) is 6.04 Å². The quantitative estimate of drug-likeness (QED) is 0.804. The molecule has 3 heteroatoms. The summed E-state index contributed by atoms with van der Waals surface area (Å²) >= 11 is 1.92. The molecule has 0 aliphatic rings. The molecule has 0 heterocycles. The van der Waals surface area contributed by atoms with Gasteiger partial charge in [-0.25, -0.2) is 0 Å². The number of ether oxygens (including phenoxy) is 1. The molecule has 2 unspecified atom stereocenters. The number of nitrogens with one attached hydrogen (secondary N) is 1. The third-order valence-corrected chi connectivity index (χ3v) is 4.04. The highest BCUT2D eigenvalue weighted by atomic mass is 32.2. The van der Waals surface area contributed by atoms with Gasteiger partial charge in [0.2, 0.25) is 0 Å². The summed E-state index contributed by atoms with van der Waals surface area (Å²) in [5.41, 5.74) is 1.28. The molecule has 96 valence electrons. The van der Waals surface area contributed by atoms with Gasteiger partial charge in [-0.2, -0.15) is 11.8 Å². The minimum absolute atomic E-state index is 0.374. The van der Waals surface area contributed by atoms with Gasteiger partial charge < -0.3 is 10.1 Å². The Morgan fingerprint density at radius 1 is 1.35 bits per heavy atom. The molecular weight excluding hydrogens is 230 g/mol. The Labute approximate surface area is 109 Å². The second kappa shape index (κ2) is 7.62. The van der Waals surface area contributed by atoms with Crippen molar-refractivity contribution in [2.75, 3.05) is 19.9 Å². The van der Waals surface area contributed by atoms with Crippen LogP contribution in [0.15, 0.2) is 24.3 Å². The van der Waals surface area contributed by atoms with Crippen LogP contribution in [0.3, 0.4) is 0 Å². The van der Waals surface area contributed by atoms with Crippen molar-refractivity contribution >= 4 is 11.8 Å². The first kappa shape index (κ1) is 14.4. The van der Waals surface area contributed by atoms with E-state index in [1.807, 2.05) is 23.9 Å². The number of methoxy groups -OCH3 is 1. The summed E-state index contributed by atoms with van der Waals surface area (Å²) in [6.45, 7) is 5.52. The molecule has 1 aromatic rings. The van der Waals surface area contributed by atoms with Crippen molar-refractivity contribution in [1.29, 1.82) is 0 Å². The zero-order valence-corrected chi connectivity index (χ0v) is 12.0. The fraction of sp³-hybridized carbons (Fsp3) is 0.571. The Hall–Kier alpha value is -0.670. The monoisotopic (exact) mass is 253 g/mol. The van der Waals surface area contributed by atoms with E-state index in [9.17, 15) is 0 Å². The maximum Gasteiger partial charge on any atom is 0.119 e. The number of thioether (sulfide) groups is 1. The van der Waals surface area contributed by atoms with Gasteiger partial charge in [-0.3, -0.25) is 0 Å². The molecule has 1 N–H and O–H groups in total. The van der Waals surface area contributed by atoms with Gasteiger partial charge in [0.05, 0.1) is 7.11 Å². The minimum atomic E-state index is 0.374. The zero-order valence-electron chi connectivity index (χ0n) is 11.2. The standard InChI is InChI=1S/C14H23NOS/c1-11(17-4)8-9-15-12(2)13-6-5-7-14(10-13)16-3/h5-7,10-12,15H,8-9H2,1-4H3. The lowest BCUT2D eigenvalue weighted by Crippen LogP contribution is -2.21. The Balaban J connectivity index is 2.43. The molecule has 0 radical (unpaired) electrons. The van der Waals surface area contributed by atoms with Gasteiger partial charge in [0.25, 0.3) is 0 Å². The van der Waals surface area contributed by atoms with Crippen LogP contribution in [-0.4, -0.2) is 25.2 Å². The third-order valence-electron chi connectivity index (χ3n) is 3.00. The van der Waals surface area contributed by atoms with Gasteiger partial charge in [-0.1, -0.05) is 19.1 Å². The maximum atomic E-state index is 5.23. The number of hydrogen-bond acceptors (Lipinski definition) is 3. The van der Waals surface area contributed by atoms with E-state index in [4.69, 9.17) is 4.74 Å². The van der Waals surface area contributed by atoms with Crippen LogP contribution in [0, 0.1) is 0 Å². The molecule has 0 aliphatic carbocycles. The van der Waals surface area contributed by atoms with E-state index in [1.54, 1.807) is 7.11 Å². The minimum Gasteiger partial charge on any atom is -0.497 e. The molecule has 0 spiro atoms. The second-order valence-corrected chi connectivity index (χ2v) is 5.56. The third kappa shape index (κ3) is 5.00. The SMILES string of the molecule is COc1cccc(C(C)NCCC(C)SC)c1. The highest BCUT2D eigenvalue weighted by molar-refractivity contribution is 7.99. The molecule has 1 aromatic carbocycles. The Bertz CT molecular complexity index is 330. The Morgan fingerprint density at radius 2 is 2.12 bits per heavy atom. The summed E-state index contributed by atoms with van der Waals surface area (Å²) in [6.07, 6.45) is 3.37. The largest absolute Gasteiger partial charge is 0.497 e. The van der Waals surface area contributed by atoms with Crippen LogP contribution in [-0.2, 0) is 0 Å². The smallest absolute Gasteiger partial charge is 0.119 e. The van der Waals surface area contributed by atoms with Crippen molar-refractivity contribution < 1.29 is 4.74 Å². The molecule has 0 bridgehead atoms. The van der Waals surface area contributed by atoms with Crippen molar-refractivity contribution in [2.24, 2.45) is 0 Å². The average molecular weight is 253 g/mol. The number of benzene rings is 1. The van der Waals surface area contributed by atoms with Gasteiger partial charge in [0, 0.05) is 11.3 Å². The van der Waals surface area contributed by atoms with Gasteiger partial charge in [-0.05, 0) is 43.8 Å². The van der Waals surface area contributed by atoms with E-state index in [0.717, 1.165) is 17.5 Å². The molecule has 0 saturated carbocycles. The fourth-order valence-corrected chi connectivity index (χ4v) is 2.00.